The minimum atomic E-state index is 0.232. The van der Waals surface area contributed by atoms with Crippen molar-refractivity contribution in [1.82, 2.24) is 4.90 Å². The zero-order chi connectivity index (χ0) is 13.0. The van der Waals surface area contributed by atoms with E-state index in [1.165, 1.54) is 57.8 Å². The molecule has 0 saturated heterocycles. The molecule has 0 aromatic carbocycles. The maximum atomic E-state index is 9.72. The van der Waals surface area contributed by atoms with E-state index in [4.69, 9.17) is 0 Å². The molecule has 1 N–H and O–H groups in total. The Kier molecular flexibility index (Phi) is 5.08. The molecule has 0 atom stereocenters. The molecule has 0 amide bonds. The van der Waals surface area contributed by atoms with Crippen molar-refractivity contribution in [3.05, 3.63) is 0 Å². The highest BCUT2D eigenvalue weighted by molar-refractivity contribution is 4.89. The minimum absolute atomic E-state index is 0.232. The monoisotopic (exact) mass is 253 g/mol. The van der Waals surface area contributed by atoms with Gasteiger partial charge in [-0.05, 0) is 51.5 Å². The quantitative estimate of drug-likeness (QED) is 0.811. The fourth-order valence-corrected chi connectivity index (χ4v) is 4.14. The van der Waals surface area contributed by atoms with E-state index in [1.54, 1.807) is 0 Å². The van der Waals surface area contributed by atoms with Crippen LogP contribution >= 0.6 is 0 Å². The standard InChI is InChI=1S/C16H31NO/c1-3-14-6-8-15(9-7-14)17(2)12-16(13-18)10-4-5-11-16/h14-15,18H,3-13H2,1-2H3. The van der Waals surface area contributed by atoms with Crippen molar-refractivity contribution in [3.63, 3.8) is 0 Å². The fraction of sp³-hybridized carbons (Fsp3) is 1.00. The first kappa shape index (κ1) is 14.3. The highest BCUT2D eigenvalue weighted by atomic mass is 16.3. The lowest BCUT2D eigenvalue weighted by Crippen LogP contribution is -2.43. The lowest BCUT2D eigenvalue weighted by Gasteiger charge is -2.39. The molecule has 0 unspecified atom stereocenters. The highest BCUT2D eigenvalue weighted by Gasteiger charge is 2.36. The molecular formula is C16H31NO. The van der Waals surface area contributed by atoms with Crippen molar-refractivity contribution in [2.75, 3.05) is 20.2 Å². The third-order valence-corrected chi connectivity index (χ3v) is 5.60. The number of hydrogen-bond acceptors (Lipinski definition) is 2. The molecule has 0 aromatic heterocycles. The van der Waals surface area contributed by atoms with Crippen molar-refractivity contribution in [3.8, 4) is 0 Å². The van der Waals surface area contributed by atoms with Gasteiger partial charge in [-0.2, -0.15) is 0 Å². The Morgan fingerprint density at radius 1 is 1.11 bits per heavy atom. The zero-order valence-corrected chi connectivity index (χ0v) is 12.3. The van der Waals surface area contributed by atoms with Gasteiger partial charge in [-0.3, -0.25) is 0 Å². The maximum Gasteiger partial charge on any atom is 0.0499 e. The van der Waals surface area contributed by atoms with Crippen LogP contribution in [0.2, 0.25) is 0 Å². The van der Waals surface area contributed by atoms with Gasteiger partial charge in [0.05, 0.1) is 0 Å². The average Bonchev–Trinajstić information content (AvgIpc) is 2.88. The van der Waals surface area contributed by atoms with Crippen LogP contribution in [0, 0.1) is 11.3 Å². The second-order valence-corrected chi connectivity index (χ2v) is 6.86. The molecule has 0 heterocycles. The molecule has 0 radical (unpaired) electrons. The van der Waals surface area contributed by atoms with Crippen LogP contribution < -0.4 is 0 Å². The van der Waals surface area contributed by atoms with E-state index in [0.717, 1.165) is 18.5 Å². The van der Waals surface area contributed by atoms with E-state index in [0.29, 0.717) is 6.61 Å². The van der Waals surface area contributed by atoms with Crippen molar-refractivity contribution in [2.24, 2.45) is 11.3 Å². The molecule has 2 rings (SSSR count). The molecule has 106 valence electrons. The number of rotatable bonds is 5. The second kappa shape index (κ2) is 6.38. The van der Waals surface area contributed by atoms with Gasteiger partial charge in [-0.25, -0.2) is 0 Å². The lowest BCUT2D eigenvalue weighted by atomic mass is 9.82. The topological polar surface area (TPSA) is 23.5 Å². The Bertz CT molecular complexity index is 239. The van der Waals surface area contributed by atoms with Crippen LogP contribution in [0.4, 0.5) is 0 Å². The normalized spacial score (nSPS) is 32.0. The summed E-state index contributed by atoms with van der Waals surface area (Å²) < 4.78 is 0. The number of hydrogen-bond donors (Lipinski definition) is 1. The van der Waals surface area contributed by atoms with Crippen LogP contribution in [0.1, 0.15) is 64.7 Å². The molecule has 0 bridgehead atoms. The van der Waals surface area contributed by atoms with Crippen molar-refractivity contribution in [2.45, 2.75) is 70.8 Å². The molecule has 2 aliphatic carbocycles. The summed E-state index contributed by atoms with van der Waals surface area (Å²) >= 11 is 0. The van der Waals surface area contributed by atoms with Gasteiger partial charge in [0.15, 0.2) is 0 Å². The number of aliphatic hydroxyl groups excluding tert-OH is 1. The van der Waals surface area contributed by atoms with E-state index in [-0.39, 0.29) is 5.41 Å². The van der Waals surface area contributed by atoms with Gasteiger partial charge in [-0.1, -0.05) is 26.2 Å². The molecule has 2 fully saturated rings. The van der Waals surface area contributed by atoms with Crippen molar-refractivity contribution in [1.29, 1.82) is 0 Å². The third kappa shape index (κ3) is 3.27. The Labute approximate surface area is 113 Å². The highest BCUT2D eigenvalue weighted by Crippen LogP contribution is 2.39. The first-order valence-corrected chi connectivity index (χ1v) is 8.00. The smallest absolute Gasteiger partial charge is 0.0499 e. The molecule has 0 spiro atoms. The van der Waals surface area contributed by atoms with Crippen LogP contribution in [-0.2, 0) is 0 Å². The molecule has 2 aliphatic rings. The summed E-state index contributed by atoms with van der Waals surface area (Å²) in [6.07, 6.45) is 12.0. The molecule has 2 saturated carbocycles. The summed E-state index contributed by atoms with van der Waals surface area (Å²) in [5.74, 6) is 0.980. The molecule has 2 nitrogen and oxygen atoms in total. The van der Waals surface area contributed by atoms with Crippen LogP contribution in [0.5, 0.6) is 0 Å². The van der Waals surface area contributed by atoms with E-state index in [9.17, 15) is 5.11 Å². The maximum absolute atomic E-state index is 9.72. The Balaban J connectivity index is 1.82. The van der Waals surface area contributed by atoms with Gasteiger partial charge >= 0.3 is 0 Å². The summed E-state index contributed by atoms with van der Waals surface area (Å²) in [6.45, 7) is 3.83. The van der Waals surface area contributed by atoms with Gasteiger partial charge < -0.3 is 10.0 Å². The number of aliphatic hydroxyl groups is 1. The minimum Gasteiger partial charge on any atom is -0.396 e. The van der Waals surface area contributed by atoms with Gasteiger partial charge in [0, 0.05) is 24.6 Å². The Morgan fingerprint density at radius 3 is 2.22 bits per heavy atom. The van der Waals surface area contributed by atoms with Crippen LogP contribution in [-0.4, -0.2) is 36.2 Å². The first-order valence-electron chi connectivity index (χ1n) is 8.00. The summed E-state index contributed by atoms with van der Waals surface area (Å²) in [5.41, 5.74) is 0.232. The van der Waals surface area contributed by atoms with Gasteiger partial charge in [0.2, 0.25) is 0 Å². The largest absolute Gasteiger partial charge is 0.396 e. The summed E-state index contributed by atoms with van der Waals surface area (Å²) in [5, 5.41) is 9.72. The van der Waals surface area contributed by atoms with Gasteiger partial charge in [-0.15, -0.1) is 0 Å². The lowest BCUT2D eigenvalue weighted by molar-refractivity contribution is 0.0575. The summed E-state index contributed by atoms with van der Waals surface area (Å²) in [6, 6.07) is 0.775. The van der Waals surface area contributed by atoms with Crippen LogP contribution in [0.15, 0.2) is 0 Å². The molecule has 0 aliphatic heterocycles. The Morgan fingerprint density at radius 2 is 1.72 bits per heavy atom. The van der Waals surface area contributed by atoms with Crippen LogP contribution in [0.3, 0.4) is 0 Å². The van der Waals surface area contributed by atoms with E-state index in [2.05, 4.69) is 18.9 Å². The zero-order valence-electron chi connectivity index (χ0n) is 12.3. The second-order valence-electron chi connectivity index (χ2n) is 6.86. The van der Waals surface area contributed by atoms with Crippen molar-refractivity contribution < 1.29 is 5.11 Å². The van der Waals surface area contributed by atoms with Crippen LogP contribution in [0.25, 0.3) is 0 Å². The van der Waals surface area contributed by atoms with E-state index >= 15 is 0 Å². The summed E-state index contributed by atoms with van der Waals surface area (Å²) in [4.78, 5) is 2.56. The van der Waals surface area contributed by atoms with Gasteiger partial charge in [0.25, 0.3) is 0 Å². The fourth-order valence-electron chi connectivity index (χ4n) is 4.14. The van der Waals surface area contributed by atoms with E-state index < -0.39 is 0 Å². The van der Waals surface area contributed by atoms with E-state index in [1.807, 2.05) is 0 Å². The SMILES string of the molecule is CCC1CCC(N(C)CC2(CO)CCCC2)CC1. The first-order chi connectivity index (χ1) is 8.69. The van der Waals surface area contributed by atoms with Crippen molar-refractivity contribution >= 4 is 0 Å². The predicted molar refractivity (Wildman–Crippen MR) is 76.7 cm³/mol. The number of nitrogens with zero attached hydrogens (tertiary/aromatic N) is 1. The molecule has 2 heteroatoms. The molecular weight excluding hydrogens is 222 g/mol. The summed E-state index contributed by atoms with van der Waals surface area (Å²) in [7, 11) is 2.28. The predicted octanol–water partition coefficient (Wildman–Crippen LogP) is 3.44. The Hall–Kier alpha value is -0.0800. The molecule has 18 heavy (non-hydrogen) atoms. The molecule has 0 aromatic rings. The average molecular weight is 253 g/mol. The third-order valence-electron chi connectivity index (χ3n) is 5.60. The van der Waals surface area contributed by atoms with Gasteiger partial charge in [0.1, 0.15) is 0 Å².